The summed E-state index contributed by atoms with van der Waals surface area (Å²) < 4.78 is 24.4. The van der Waals surface area contributed by atoms with Crippen LogP contribution in [0.25, 0.3) is 0 Å². The molecule has 0 aliphatic carbocycles. The molecular formula is C3H6FLiO2S+2. The first-order valence-electron chi connectivity index (χ1n) is 1.84. The van der Waals surface area contributed by atoms with Crippen LogP contribution in [0.4, 0.5) is 3.89 Å². The second-order valence-corrected chi connectivity index (χ2v) is 1.45. The van der Waals surface area contributed by atoms with Gasteiger partial charge in [-0.3, -0.25) is 0 Å². The van der Waals surface area contributed by atoms with E-state index in [1.165, 1.54) is 0 Å². The van der Waals surface area contributed by atoms with Crippen LogP contribution in [0.1, 0.15) is 13.3 Å². The number of rotatable bonds is 3. The van der Waals surface area contributed by atoms with Crippen molar-refractivity contribution in [2.75, 3.05) is 0 Å². The maximum Gasteiger partial charge on any atom is 1.00 e. The van der Waals surface area contributed by atoms with E-state index in [0.717, 1.165) is 6.61 Å². The summed E-state index contributed by atoms with van der Waals surface area (Å²) in [7, 11) is 0. The van der Waals surface area contributed by atoms with Gasteiger partial charge in [-0.25, -0.2) is 0 Å². The van der Waals surface area contributed by atoms with Crippen LogP contribution in [-0.4, -0.2) is 4.21 Å². The smallest absolute Gasteiger partial charge is 0.188 e. The summed E-state index contributed by atoms with van der Waals surface area (Å²) in [6, 6.07) is 0. The van der Waals surface area contributed by atoms with Gasteiger partial charge < -0.3 is 0 Å². The van der Waals surface area contributed by atoms with Gasteiger partial charge in [0.1, 0.15) is 6.42 Å². The number of halogens is 1. The van der Waals surface area contributed by atoms with E-state index in [1.807, 2.05) is 0 Å². The topological polar surface area (TPSA) is 26.3 Å². The molecule has 0 saturated heterocycles. The zero-order valence-corrected chi connectivity index (χ0v) is 5.70. The molecular weight excluding hydrogens is 126 g/mol. The molecule has 42 valence electrons. The molecule has 0 aromatic heterocycles. The molecule has 5 heteroatoms. The van der Waals surface area contributed by atoms with Crippen molar-refractivity contribution in [3.8, 4) is 0 Å². The van der Waals surface area contributed by atoms with E-state index in [9.17, 15) is 8.09 Å². The fourth-order valence-corrected chi connectivity index (χ4v) is 0.365. The van der Waals surface area contributed by atoms with Gasteiger partial charge in [-0.05, 0) is 6.92 Å². The Morgan fingerprint density at radius 1 is 1.88 bits per heavy atom. The fraction of sp³-hybridized carbons (Fsp3) is 0.667. The molecule has 0 spiro atoms. The molecule has 0 amide bonds. The zero-order chi connectivity index (χ0) is 5.70. The quantitative estimate of drug-likeness (QED) is 0.255. The Kier molecular flexibility index (Phi) is 10.6. The molecule has 0 N–H and O–H groups in total. The monoisotopic (exact) mass is 132 g/mol. The summed E-state index contributed by atoms with van der Waals surface area (Å²) in [5.74, 6) is 0. The van der Waals surface area contributed by atoms with Crippen molar-refractivity contribution in [2.45, 2.75) is 13.3 Å². The minimum absolute atomic E-state index is 0. The van der Waals surface area contributed by atoms with E-state index >= 15 is 0 Å². The molecule has 0 aromatic carbocycles. The predicted molar refractivity (Wildman–Crippen MR) is 24.9 cm³/mol. The Morgan fingerprint density at radius 3 is 2.50 bits per heavy atom. The van der Waals surface area contributed by atoms with Crippen molar-refractivity contribution in [3.05, 3.63) is 6.61 Å². The van der Waals surface area contributed by atoms with Crippen molar-refractivity contribution in [3.63, 3.8) is 0 Å². The van der Waals surface area contributed by atoms with Gasteiger partial charge in [-0.2, -0.15) is 4.21 Å². The van der Waals surface area contributed by atoms with Gasteiger partial charge in [0, 0.05) is 0 Å². The van der Waals surface area contributed by atoms with Gasteiger partial charge >= 0.3 is 30.3 Å². The first kappa shape index (κ1) is 11.3. The minimum Gasteiger partial charge on any atom is -0.188 e. The van der Waals surface area contributed by atoms with Crippen LogP contribution >= 0.6 is 0 Å². The maximum absolute atomic E-state index is 11.1. The van der Waals surface area contributed by atoms with Crippen LogP contribution in [0.5, 0.6) is 0 Å². The summed E-state index contributed by atoms with van der Waals surface area (Å²) in [6.45, 7) is 2.91. The molecule has 8 heavy (non-hydrogen) atoms. The normalized spacial score (nSPS) is 11.8. The van der Waals surface area contributed by atoms with Crippen molar-refractivity contribution < 1.29 is 31.1 Å². The summed E-state index contributed by atoms with van der Waals surface area (Å²) >= 11 is -2.62. The van der Waals surface area contributed by atoms with Gasteiger partial charge in [0.2, 0.25) is 6.61 Å². The van der Waals surface area contributed by atoms with Crippen LogP contribution in [0.2, 0.25) is 0 Å². The second kappa shape index (κ2) is 7.51. The third-order valence-corrected chi connectivity index (χ3v) is 0.598. The molecule has 0 aliphatic heterocycles. The SMILES string of the molecule is CC[CH+]OS(=O)F.[Li+]. The van der Waals surface area contributed by atoms with E-state index < -0.39 is 11.5 Å². The summed E-state index contributed by atoms with van der Waals surface area (Å²) in [5.41, 5.74) is 0. The molecule has 1 unspecified atom stereocenters. The van der Waals surface area contributed by atoms with E-state index in [-0.39, 0.29) is 18.9 Å². The number of hydrogen-bond acceptors (Lipinski definition) is 2. The average molecular weight is 132 g/mol. The summed E-state index contributed by atoms with van der Waals surface area (Å²) in [4.78, 5) is 0. The van der Waals surface area contributed by atoms with Crippen LogP contribution in [0, 0.1) is 6.61 Å². The average Bonchev–Trinajstić information content (AvgIpc) is 1.61. The first-order valence-corrected chi connectivity index (χ1v) is 2.81. The summed E-state index contributed by atoms with van der Waals surface area (Å²) in [5, 5.41) is 0. The molecule has 0 bridgehead atoms. The Balaban J connectivity index is 0. The molecule has 0 saturated carbocycles. The molecule has 0 heterocycles. The van der Waals surface area contributed by atoms with Crippen LogP contribution in [0.3, 0.4) is 0 Å². The number of hydrogen-bond donors (Lipinski definition) is 0. The first-order chi connectivity index (χ1) is 3.27. The molecule has 0 rings (SSSR count). The largest absolute Gasteiger partial charge is 1.00 e. The Bertz CT molecular complexity index is 70.3. The van der Waals surface area contributed by atoms with Crippen molar-refractivity contribution in [1.82, 2.24) is 0 Å². The predicted octanol–water partition coefficient (Wildman–Crippen LogP) is -1.87. The zero-order valence-electron chi connectivity index (χ0n) is 4.89. The molecule has 1 atom stereocenters. The van der Waals surface area contributed by atoms with Gasteiger partial charge in [-0.15, -0.1) is 0 Å². The third kappa shape index (κ3) is 9.72. The van der Waals surface area contributed by atoms with Crippen LogP contribution in [-0.2, 0) is 15.6 Å². The van der Waals surface area contributed by atoms with Crippen molar-refractivity contribution in [1.29, 1.82) is 0 Å². The molecule has 0 aromatic rings. The van der Waals surface area contributed by atoms with Gasteiger partial charge in [0.05, 0.1) is 0 Å². The third-order valence-electron chi connectivity index (χ3n) is 0.310. The van der Waals surface area contributed by atoms with Gasteiger partial charge in [0.25, 0.3) is 0 Å². The summed E-state index contributed by atoms with van der Waals surface area (Å²) in [6.07, 6.45) is 0.565. The van der Waals surface area contributed by atoms with E-state index in [0.29, 0.717) is 6.42 Å². The standard InChI is InChI=1S/C3H6FO2S.Li/c1-2-3-6-7(4)5;/h3H,2H2,1H3;/q2*+1. The molecule has 2 nitrogen and oxygen atoms in total. The van der Waals surface area contributed by atoms with Crippen LogP contribution in [0.15, 0.2) is 0 Å². The van der Waals surface area contributed by atoms with Gasteiger partial charge in [0.15, 0.2) is 0 Å². The van der Waals surface area contributed by atoms with E-state index in [1.54, 1.807) is 6.92 Å². The Morgan fingerprint density at radius 2 is 2.38 bits per heavy atom. The fourth-order valence-electron chi connectivity index (χ4n) is 0.122. The van der Waals surface area contributed by atoms with E-state index in [4.69, 9.17) is 0 Å². The molecule has 0 fully saturated rings. The van der Waals surface area contributed by atoms with Gasteiger partial charge in [-0.1, -0.05) is 8.07 Å². The second-order valence-electron chi connectivity index (χ2n) is 0.865. The molecule has 0 radical (unpaired) electrons. The maximum atomic E-state index is 11.1. The minimum atomic E-state index is -2.62. The Hall–Kier alpha value is 0.507. The molecule has 0 aliphatic rings. The van der Waals surface area contributed by atoms with Crippen molar-refractivity contribution >= 4 is 11.5 Å². The van der Waals surface area contributed by atoms with Crippen molar-refractivity contribution in [2.24, 2.45) is 0 Å². The van der Waals surface area contributed by atoms with Crippen LogP contribution < -0.4 is 18.9 Å². The van der Waals surface area contributed by atoms with E-state index in [2.05, 4.69) is 4.18 Å². The Labute approximate surface area is 62.9 Å².